The summed E-state index contributed by atoms with van der Waals surface area (Å²) in [6, 6.07) is 4.15. The van der Waals surface area contributed by atoms with Crippen LogP contribution in [0.5, 0.6) is 0 Å². The van der Waals surface area contributed by atoms with Gasteiger partial charge in [0.1, 0.15) is 5.82 Å². The molecule has 0 bridgehead atoms. The average Bonchev–Trinajstić information content (AvgIpc) is 2.55. The van der Waals surface area contributed by atoms with E-state index in [9.17, 15) is 4.39 Å². The topological polar surface area (TPSA) is 58.9 Å². The van der Waals surface area contributed by atoms with E-state index in [4.69, 9.17) is 19.5 Å². The molecule has 0 amide bonds. The zero-order chi connectivity index (χ0) is 15.5. The molecule has 1 fully saturated rings. The molecule has 1 atom stereocenters. The van der Waals surface area contributed by atoms with Gasteiger partial charge in [0.05, 0.1) is 13.2 Å². The van der Waals surface area contributed by atoms with Crippen molar-refractivity contribution in [3.63, 3.8) is 0 Å². The number of halogens is 1. The molecule has 1 aromatic carbocycles. The monoisotopic (exact) mass is 304 g/mol. The molecule has 116 valence electrons. The molecule has 2 N–H and O–H groups in total. The molecule has 6 heteroatoms. The second kappa shape index (κ2) is 6.75. The lowest BCUT2D eigenvalue weighted by molar-refractivity contribution is -0.210. The van der Waals surface area contributed by atoms with Gasteiger partial charge in [-0.15, -0.1) is 0 Å². The van der Waals surface area contributed by atoms with Crippen LogP contribution in [0.4, 0.5) is 4.39 Å². The summed E-state index contributed by atoms with van der Waals surface area (Å²) in [4.78, 5) is 0. The van der Waals surface area contributed by atoms with Gasteiger partial charge < -0.3 is 19.5 Å². The molecule has 22 heavy (non-hydrogen) atoms. The first-order chi connectivity index (χ1) is 10.6. The summed E-state index contributed by atoms with van der Waals surface area (Å²) >= 11 is 0. The second-order valence-corrected chi connectivity index (χ2v) is 5.63. The fourth-order valence-corrected chi connectivity index (χ4v) is 2.81. The van der Waals surface area contributed by atoms with Crippen LogP contribution in [0, 0.1) is 17.7 Å². The molecule has 0 saturated carbocycles. The first-order valence-corrected chi connectivity index (χ1v) is 7.37. The zero-order valence-corrected chi connectivity index (χ0v) is 12.1. The van der Waals surface area contributed by atoms with Crippen molar-refractivity contribution in [2.24, 2.45) is 11.8 Å². The van der Waals surface area contributed by atoms with Gasteiger partial charge >= 0.3 is 7.12 Å². The first-order valence-electron chi connectivity index (χ1n) is 7.37. The third-order valence-corrected chi connectivity index (χ3v) is 4.12. The second-order valence-electron chi connectivity index (χ2n) is 5.63. The Morgan fingerprint density at radius 1 is 1.14 bits per heavy atom. The summed E-state index contributed by atoms with van der Waals surface area (Å²) in [5, 5.41) is 18.1. The number of hydrogen-bond acceptors (Lipinski definition) is 4. The number of hydrogen-bond donors (Lipinski definition) is 2. The van der Waals surface area contributed by atoms with E-state index in [1.54, 1.807) is 6.07 Å². The van der Waals surface area contributed by atoms with Crippen molar-refractivity contribution in [3.8, 4) is 0 Å². The Hall–Kier alpha value is -1.47. The highest BCUT2D eigenvalue weighted by molar-refractivity contribution is 6.58. The van der Waals surface area contributed by atoms with Gasteiger partial charge in [-0.25, -0.2) is 4.39 Å². The molecular formula is C16H18BFO4. The Kier molecular flexibility index (Phi) is 4.73. The Morgan fingerprint density at radius 3 is 2.50 bits per heavy atom. The van der Waals surface area contributed by atoms with Gasteiger partial charge in [0, 0.05) is 16.9 Å². The quantitative estimate of drug-likeness (QED) is 0.827. The highest BCUT2D eigenvalue weighted by Gasteiger charge is 2.29. The van der Waals surface area contributed by atoms with Crippen molar-refractivity contribution in [2.75, 3.05) is 13.2 Å². The van der Waals surface area contributed by atoms with Gasteiger partial charge in [-0.05, 0) is 18.4 Å². The van der Waals surface area contributed by atoms with Crippen molar-refractivity contribution in [2.45, 2.75) is 12.7 Å². The summed E-state index contributed by atoms with van der Waals surface area (Å²) in [7, 11) is -1.82. The normalized spacial score (nSPS) is 27.9. The Labute approximate surface area is 129 Å². The van der Waals surface area contributed by atoms with Crippen molar-refractivity contribution in [3.05, 3.63) is 53.9 Å². The standard InChI is InChI=1S/C16H18BFO4/c18-15-8-12(6-7-14(15)17(19)20)16-21-9-13(10-22-16)11-4-2-1-3-5-11/h1-4,6-8,11,13,16,19-20H,5,9-10H2. The van der Waals surface area contributed by atoms with Crippen LogP contribution < -0.4 is 5.46 Å². The Bertz CT molecular complexity index is 580. The molecule has 2 aliphatic rings. The Balaban J connectivity index is 1.62. The SMILES string of the molecule is OB(O)c1ccc(C2OCC(C3C=CC=CC3)CO2)cc1F. The van der Waals surface area contributed by atoms with Crippen molar-refractivity contribution < 1.29 is 23.9 Å². The maximum absolute atomic E-state index is 13.8. The van der Waals surface area contributed by atoms with E-state index < -0.39 is 19.2 Å². The van der Waals surface area contributed by atoms with E-state index in [1.807, 2.05) is 12.2 Å². The molecule has 3 rings (SSSR count). The largest absolute Gasteiger partial charge is 0.491 e. The molecule has 0 spiro atoms. The van der Waals surface area contributed by atoms with E-state index in [1.165, 1.54) is 12.1 Å². The van der Waals surface area contributed by atoms with Crippen LogP contribution in [-0.4, -0.2) is 30.4 Å². The van der Waals surface area contributed by atoms with E-state index in [0.717, 1.165) is 6.42 Å². The van der Waals surface area contributed by atoms with Crippen LogP contribution in [0.2, 0.25) is 0 Å². The fourth-order valence-electron chi connectivity index (χ4n) is 2.81. The predicted octanol–water partition coefficient (Wildman–Crippen LogP) is 1.30. The van der Waals surface area contributed by atoms with Crippen LogP contribution in [0.15, 0.2) is 42.5 Å². The van der Waals surface area contributed by atoms with E-state index in [0.29, 0.717) is 30.6 Å². The lowest BCUT2D eigenvalue weighted by atomic mass is 9.79. The molecule has 1 saturated heterocycles. The Morgan fingerprint density at radius 2 is 1.91 bits per heavy atom. The average molecular weight is 304 g/mol. The van der Waals surface area contributed by atoms with E-state index >= 15 is 0 Å². The molecular weight excluding hydrogens is 286 g/mol. The van der Waals surface area contributed by atoms with Gasteiger partial charge in [-0.3, -0.25) is 0 Å². The van der Waals surface area contributed by atoms with Crippen molar-refractivity contribution in [1.29, 1.82) is 0 Å². The van der Waals surface area contributed by atoms with E-state index in [2.05, 4.69) is 12.2 Å². The van der Waals surface area contributed by atoms with Gasteiger partial charge in [0.2, 0.25) is 0 Å². The summed E-state index contributed by atoms with van der Waals surface area (Å²) in [5.74, 6) is 0.0256. The third kappa shape index (κ3) is 3.30. The van der Waals surface area contributed by atoms with Crippen LogP contribution >= 0.6 is 0 Å². The summed E-state index contributed by atoms with van der Waals surface area (Å²) in [5.41, 5.74) is 0.385. The summed E-state index contributed by atoms with van der Waals surface area (Å²) in [6.45, 7) is 1.11. The predicted molar refractivity (Wildman–Crippen MR) is 80.7 cm³/mol. The van der Waals surface area contributed by atoms with Gasteiger partial charge in [0.25, 0.3) is 0 Å². The maximum Gasteiger partial charge on any atom is 0.491 e. The molecule has 4 nitrogen and oxygen atoms in total. The number of allylic oxidation sites excluding steroid dienone is 4. The summed E-state index contributed by atoms with van der Waals surface area (Å²) < 4.78 is 25.2. The minimum atomic E-state index is -1.82. The third-order valence-electron chi connectivity index (χ3n) is 4.12. The lowest BCUT2D eigenvalue weighted by Gasteiger charge is -2.33. The van der Waals surface area contributed by atoms with Crippen LogP contribution in [0.3, 0.4) is 0 Å². The number of rotatable bonds is 3. The highest BCUT2D eigenvalue weighted by atomic mass is 19.1. The van der Waals surface area contributed by atoms with Gasteiger partial charge in [-0.2, -0.15) is 0 Å². The van der Waals surface area contributed by atoms with Gasteiger partial charge in [-0.1, -0.05) is 36.4 Å². The molecule has 1 aliphatic heterocycles. The molecule has 1 aromatic rings. The molecule has 1 aliphatic carbocycles. The molecule has 1 heterocycles. The minimum Gasteiger partial charge on any atom is -0.423 e. The lowest BCUT2D eigenvalue weighted by Crippen LogP contribution is -2.34. The van der Waals surface area contributed by atoms with E-state index in [-0.39, 0.29) is 5.46 Å². The fraction of sp³-hybridized carbons (Fsp3) is 0.375. The number of benzene rings is 1. The minimum absolute atomic E-state index is 0.156. The highest BCUT2D eigenvalue weighted by Crippen LogP contribution is 2.31. The smallest absolute Gasteiger partial charge is 0.423 e. The van der Waals surface area contributed by atoms with Gasteiger partial charge in [0.15, 0.2) is 6.29 Å². The zero-order valence-electron chi connectivity index (χ0n) is 12.1. The molecule has 0 radical (unpaired) electrons. The molecule has 0 aromatic heterocycles. The number of ether oxygens (including phenoxy) is 2. The molecule has 1 unspecified atom stereocenters. The van der Waals surface area contributed by atoms with Crippen molar-refractivity contribution >= 4 is 12.6 Å². The van der Waals surface area contributed by atoms with Crippen LogP contribution in [0.1, 0.15) is 18.3 Å². The maximum atomic E-state index is 13.8. The van der Waals surface area contributed by atoms with Crippen molar-refractivity contribution in [1.82, 2.24) is 0 Å². The first kappa shape index (κ1) is 15.4. The van der Waals surface area contributed by atoms with Crippen LogP contribution in [0.25, 0.3) is 0 Å². The summed E-state index contributed by atoms with van der Waals surface area (Å²) in [6.07, 6.45) is 8.73. The van der Waals surface area contributed by atoms with Crippen LogP contribution in [-0.2, 0) is 9.47 Å².